The standard InChI is InChI=1S/C22H26N4O3/c1-22(2)21(28)26(15-16-5-4-8-23-14-16)18-13-17(6-7-19(18)29-22)20(27)25-11-9-24(3)10-12-25/h4-8,13-14H,9-12,15H2,1-3H3. The van der Waals surface area contributed by atoms with E-state index >= 15 is 0 Å². The number of carbonyl (C=O) groups is 2. The van der Waals surface area contributed by atoms with Crippen molar-refractivity contribution >= 4 is 17.5 Å². The van der Waals surface area contributed by atoms with E-state index in [-0.39, 0.29) is 11.8 Å². The summed E-state index contributed by atoms with van der Waals surface area (Å²) in [5, 5.41) is 0. The van der Waals surface area contributed by atoms with Crippen LogP contribution in [0.2, 0.25) is 0 Å². The summed E-state index contributed by atoms with van der Waals surface area (Å²) in [6, 6.07) is 9.14. The fourth-order valence-electron chi connectivity index (χ4n) is 3.72. The van der Waals surface area contributed by atoms with Crippen molar-refractivity contribution in [3.63, 3.8) is 0 Å². The van der Waals surface area contributed by atoms with E-state index in [0.717, 1.165) is 18.7 Å². The molecule has 3 heterocycles. The van der Waals surface area contributed by atoms with Crippen molar-refractivity contribution < 1.29 is 14.3 Å². The number of benzene rings is 1. The molecular formula is C22H26N4O3. The summed E-state index contributed by atoms with van der Waals surface area (Å²) in [6.07, 6.45) is 3.45. The molecule has 0 spiro atoms. The number of nitrogens with zero attached hydrogens (tertiary/aromatic N) is 4. The van der Waals surface area contributed by atoms with E-state index in [2.05, 4.69) is 16.9 Å². The summed E-state index contributed by atoms with van der Waals surface area (Å²) in [5.74, 6) is 0.450. The van der Waals surface area contributed by atoms with Crippen LogP contribution in [0.3, 0.4) is 0 Å². The zero-order chi connectivity index (χ0) is 20.6. The topological polar surface area (TPSA) is 66.0 Å². The van der Waals surface area contributed by atoms with Gasteiger partial charge in [-0.15, -0.1) is 0 Å². The van der Waals surface area contributed by atoms with Gasteiger partial charge in [-0.05, 0) is 50.7 Å². The first-order chi connectivity index (χ1) is 13.8. The predicted molar refractivity (Wildman–Crippen MR) is 110 cm³/mol. The minimum Gasteiger partial charge on any atom is -0.476 e. The molecule has 152 valence electrons. The van der Waals surface area contributed by atoms with Gasteiger partial charge in [0, 0.05) is 44.1 Å². The third-order valence-electron chi connectivity index (χ3n) is 5.48. The van der Waals surface area contributed by atoms with Crippen molar-refractivity contribution in [2.75, 3.05) is 38.1 Å². The summed E-state index contributed by atoms with van der Waals surface area (Å²) < 4.78 is 5.96. The SMILES string of the molecule is CN1CCN(C(=O)c2ccc3c(c2)N(Cc2cccnc2)C(=O)C(C)(C)O3)CC1. The van der Waals surface area contributed by atoms with Gasteiger partial charge in [-0.3, -0.25) is 14.6 Å². The molecule has 1 aromatic carbocycles. The zero-order valence-corrected chi connectivity index (χ0v) is 17.1. The summed E-state index contributed by atoms with van der Waals surface area (Å²) in [5.41, 5.74) is 1.14. The van der Waals surface area contributed by atoms with Gasteiger partial charge in [0.1, 0.15) is 5.75 Å². The highest BCUT2D eigenvalue weighted by molar-refractivity contribution is 6.04. The number of amides is 2. The number of fused-ring (bicyclic) bond motifs is 1. The highest BCUT2D eigenvalue weighted by Crippen LogP contribution is 2.39. The monoisotopic (exact) mass is 394 g/mol. The minimum atomic E-state index is -0.974. The fourth-order valence-corrected chi connectivity index (χ4v) is 3.72. The van der Waals surface area contributed by atoms with Crippen LogP contribution in [-0.4, -0.2) is 65.4 Å². The van der Waals surface area contributed by atoms with Gasteiger partial charge < -0.3 is 19.4 Å². The lowest BCUT2D eigenvalue weighted by molar-refractivity contribution is -0.132. The molecule has 4 rings (SSSR count). The van der Waals surface area contributed by atoms with Gasteiger partial charge in [-0.1, -0.05) is 6.07 Å². The molecule has 2 aromatic rings. The van der Waals surface area contributed by atoms with Gasteiger partial charge in [-0.2, -0.15) is 0 Å². The molecule has 0 radical (unpaired) electrons. The molecule has 2 aliphatic heterocycles. The number of likely N-dealkylation sites (N-methyl/N-ethyl adjacent to an activating group) is 1. The van der Waals surface area contributed by atoms with Gasteiger partial charge in [0.2, 0.25) is 0 Å². The van der Waals surface area contributed by atoms with Crippen LogP contribution in [-0.2, 0) is 11.3 Å². The molecule has 7 heteroatoms. The second kappa shape index (κ2) is 7.48. The van der Waals surface area contributed by atoms with Gasteiger partial charge in [-0.25, -0.2) is 0 Å². The van der Waals surface area contributed by atoms with Crippen molar-refractivity contribution in [2.24, 2.45) is 0 Å². The Balaban J connectivity index is 1.67. The summed E-state index contributed by atoms with van der Waals surface area (Å²) in [4.78, 5) is 36.0. The number of rotatable bonds is 3. The normalized spacial score (nSPS) is 18.9. The molecule has 1 aromatic heterocycles. The first kappa shape index (κ1) is 19.4. The van der Waals surface area contributed by atoms with E-state index in [4.69, 9.17) is 4.74 Å². The molecule has 0 saturated carbocycles. The molecule has 1 fully saturated rings. The lowest BCUT2D eigenvalue weighted by Crippen LogP contribution is -2.52. The molecule has 29 heavy (non-hydrogen) atoms. The maximum Gasteiger partial charge on any atom is 0.271 e. The number of carbonyl (C=O) groups excluding carboxylic acids is 2. The smallest absolute Gasteiger partial charge is 0.271 e. The number of hydrogen-bond donors (Lipinski definition) is 0. The average Bonchev–Trinajstić information content (AvgIpc) is 2.72. The quantitative estimate of drug-likeness (QED) is 0.798. The molecule has 1 saturated heterocycles. The van der Waals surface area contributed by atoms with Crippen LogP contribution in [0.4, 0.5) is 5.69 Å². The highest BCUT2D eigenvalue weighted by atomic mass is 16.5. The third kappa shape index (κ3) is 3.82. The van der Waals surface area contributed by atoms with E-state index in [1.165, 1.54) is 0 Å². The van der Waals surface area contributed by atoms with Crippen LogP contribution in [0.15, 0.2) is 42.7 Å². The van der Waals surface area contributed by atoms with Crippen LogP contribution in [0.1, 0.15) is 29.8 Å². The van der Waals surface area contributed by atoms with Gasteiger partial charge >= 0.3 is 0 Å². The van der Waals surface area contributed by atoms with E-state index in [0.29, 0.717) is 36.6 Å². The summed E-state index contributed by atoms with van der Waals surface area (Å²) >= 11 is 0. The molecule has 0 bridgehead atoms. The number of anilines is 1. The number of pyridine rings is 1. The maximum absolute atomic E-state index is 13.1. The molecule has 0 aliphatic carbocycles. The van der Waals surface area contributed by atoms with E-state index in [1.807, 2.05) is 17.0 Å². The second-order valence-electron chi connectivity index (χ2n) is 8.14. The summed E-state index contributed by atoms with van der Waals surface area (Å²) in [6.45, 7) is 7.02. The molecular weight excluding hydrogens is 368 g/mol. The van der Waals surface area contributed by atoms with Crippen LogP contribution in [0, 0.1) is 0 Å². The lowest BCUT2D eigenvalue weighted by Gasteiger charge is -2.39. The van der Waals surface area contributed by atoms with Gasteiger partial charge in [0.25, 0.3) is 11.8 Å². The molecule has 2 amide bonds. The highest BCUT2D eigenvalue weighted by Gasteiger charge is 2.41. The first-order valence-corrected chi connectivity index (χ1v) is 9.87. The van der Waals surface area contributed by atoms with Gasteiger partial charge in [0.15, 0.2) is 5.60 Å². The van der Waals surface area contributed by atoms with Crippen molar-refractivity contribution in [1.29, 1.82) is 0 Å². The Morgan fingerprint density at radius 1 is 1.17 bits per heavy atom. The summed E-state index contributed by atoms with van der Waals surface area (Å²) in [7, 11) is 2.06. The van der Waals surface area contributed by atoms with E-state index in [9.17, 15) is 9.59 Å². The Labute approximate surface area is 170 Å². The number of aromatic nitrogens is 1. The molecule has 0 N–H and O–H groups in total. The van der Waals surface area contributed by atoms with Crippen molar-refractivity contribution in [1.82, 2.24) is 14.8 Å². The predicted octanol–water partition coefficient (Wildman–Crippen LogP) is 2.17. The molecule has 0 unspecified atom stereocenters. The zero-order valence-electron chi connectivity index (χ0n) is 17.1. The van der Waals surface area contributed by atoms with E-state index < -0.39 is 5.60 Å². The molecule has 2 aliphatic rings. The number of piperazine rings is 1. The van der Waals surface area contributed by atoms with Gasteiger partial charge in [0.05, 0.1) is 12.2 Å². The Hall–Kier alpha value is -2.93. The van der Waals surface area contributed by atoms with Crippen LogP contribution in [0.5, 0.6) is 5.75 Å². The van der Waals surface area contributed by atoms with Crippen LogP contribution < -0.4 is 9.64 Å². The largest absolute Gasteiger partial charge is 0.476 e. The Morgan fingerprint density at radius 3 is 2.62 bits per heavy atom. The maximum atomic E-state index is 13.1. The number of hydrogen-bond acceptors (Lipinski definition) is 5. The van der Waals surface area contributed by atoms with E-state index in [1.54, 1.807) is 49.3 Å². The molecule has 7 nitrogen and oxygen atoms in total. The first-order valence-electron chi connectivity index (χ1n) is 9.87. The Bertz CT molecular complexity index is 921. The Morgan fingerprint density at radius 2 is 1.93 bits per heavy atom. The van der Waals surface area contributed by atoms with Crippen molar-refractivity contribution in [3.8, 4) is 5.75 Å². The number of ether oxygens (including phenoxy) is 1. The van der Waals surface area contributed by atoms with Crippen molar-refractivity contribution in [2.45, 2.75) is 26.0 Å². The van der Waals surface area contributed by atoms with Crippen LogP contribution >= 0.6 is 0 Å². The van der Waals surface area contributed by atoms with Crippen LogP contribution in [0.25, 0.3) is 0 Å². The third-order valence-corrected chi connectivity index (χ3v) is 5.48. The Kier molecular flexibility index (Phi) is 5.00. The second-order valence-corrected chi connectivity index (χ2v) is 8.14. The molecule has 0 atom stereocenters. The minimum absolute atomic E-state index is 0.0143. The average molecular weight is 394 g/mol. The fraction of sp³-hybridized carbons (Fsp3) is 0.409. The van der Waals surface area contributed by atoms with Crippen molar-refractivity contribution in [3.05, 3.63) is 53.9 Å². The lowest BCUT2D eigenvalue weighted by atomic mass is 10.0.